The lowest BCUT2D eigenvalue weighted by Crippen LogP contribution is -1.98. The molecule has 0 aliphatic heterocycles. The minimum absolute atomic E-state index is 0.721. The lowest BCUT2D eigenvalue weighted by molar-refractivity contribution is 0.415. The second kappa shape index (κ2) is 9.64. The molecule has 0 radical (unpaired) electrons. The molecule has 0 aliphatic carbocycles. The summed E-state index contributed by atoms with van der Waals surface area (Å²) in [6.07, 6.45) is 0. The van der Waals surface area contributed by atoms with Crippen molar-refractivity contribution in [1.82, 2.24) is 14.5 Å². The number of methoxy groups -OCH3 is 1. The Bertz CT molecular complexity index is 1770. The third-order valence-corrected chi connectivity index (χ3v) is 7.02. The molecule has 4 nitrogen and oxygen atoms in total. The Labute approximate surface area is 223 Å². The zero-order valence-corrected chi connectivity index (χ0v) is 22.1. The van der Waals surface area contributed by atoms with Gasteiger partial charge in [0.2, 0.25) is 0 Å². The second-order valence-electron chi connectivity index (χ2n) is 9.71. The summed E-state index contributed by atoms with van der Waals surface area (Å²) in [5, 5.41) is 1.04. The van der Waals surface area contributed by atoms with Crippen molar-refractivity contribution < 1.29 is 4.74 Å². The highest BCUT2D eigenvalue weighted by Gasteiger charge is 2.24. The van der Waals surface area contributed by atoms with Gasteiger partial charge in [0.05, 0.1) is 23.9 Å². The van der Waals surface area contributed by atoms with E-state index in [1.807, 2.05) is 18.2 Å². The van der Waals surface area contributed by atoms with Gasteiger partial charge in [-0.05, 0) is 49.2 Å². The average Bonchev–Trinajstić information content (AvgIpc) is 3.25. The summed E-state index contributed by atoms with van der Waals surface area (Å²) >= 11 is 0. The standard InChI is InChI=1S/C34H29N3O/c1-22-10-8-14-26(20-22)31-30-29(24-16-18-28(38-4)19-17-24)32(25-12-6-5-7-13-25)37(3)34(30)36-33(35-31)27-15-9-11-23(2)21-27/h5-21H,1-4H3. The van der Waals surface area contributed by atoms with Crippen molar-refractivity contribution in [2.45, 2.75) is 13.8 Å². The van der Waals surface area contributed by atoms with Gasteiger partial charge in [0, 0.05) is 23.7 Å². The van der Waals surface area contributed by atoms with Crippen molar-refractivity contribution in [3.63, 3.8) is 0 Å². The molecule has 6 rings (SSSR count). The molecule has 0 atom stereocenters. The summed E-state index contributed by atoms with van der Waals surface area (Å²) in [5.74, 6) is 1.55. The Balaban J connectivity index is 1.77. The van der Waals surface area contributed by atoms with E-state index in [1.165, 1.54) is 11.1 Å². The van der Waals surface area contributed by atoms with Crippen LogP contribution in [0.15, 0.2) is 103 Å². The summed E-state index contributed by atoms with van der Waals surface area (Å²) in [7, 11) is 3.80. The highest BCUT2D eigenvalue weighted by molar-refractivity contribution is 6.09. The fourth-order valence-corrected chi connectivity index (χ4v) is 5.20. The van der Waals surface area contributed by atoms with Crippen LogP contribution in [0.1, 0.15) is 11.1 Å². The Kier molecular flexibility index (Phi) is 6.01. The SMILES string of the molecule is COc1ccc(-c2c(-c3ccccc3)n(C)c3nc(-c4cccc(C)c4)nc(-c4cccc(C)c4)c23)cc1. The zero-order chi connectivity index (χ0) is 26.2. The van der Waals surface area contributed by atoms with Gasteiger partial charge in [0.1, 0.15) is 11.4 Å². The molecule has 0 saturated heterocycles. The van der Waals surface area contributed by atoms with Gasteiger partial charge in [-0.25, -0.2) is 9.97 Å². The zero-order valence-electron chi connectivity index (χ0n) is 22.1. The van der Waals surface area contributed by atoms with Gasteiger partial charge in [0.25, 0.3) is 0 Å². The summed E-state index contributed by atoms with van der Waals surface area (Å²) in [4.78, 5) is 10.4. The lowest BCUT2D eigenvalue weighted by Gasteiger charge is -2.11. The normalized spacial score (nSPS) is 11.2. The van der Waals surface area contributed by atoms with Gasteiger partial charge in [-0.3, -0.25) is 0 Å². The van der Waals surface area contributed by atoms with E-state index in [9.17, 15) is 0 Å². The van der Waals surface area contributed by atoms with Crippen LogP contribution < -0.4 is 4.74 Å². The van der Waals surface area contributed by atoms with Crippen LogP contribution in [0.5, 0.6) is 5.75 Å². The molecule has 6 aromatic rings. The predicted molar refractivity (Wildman–Crippen MR) is 156 cm³/mol. The van der Waals surface area contributed by atoms with Crippen LogP contribution in [-0.4, -0.2) is 21.6 Å². The first kappa shape index (κ1) is 23.7. The van der Waals surface area contributed by atoms with Crippen LogP contribution in [0.2, 0.25) is 0 Å². The molecule has 0 spiro atoms. The highest BCUT2D eigenvalue weighted by atomic mass is 16.5. The third kappa shape index (κ3) is 4.14. The van der Waals surface area contributed by atoms with Crippen LogP contribution in [0, 0.1) is 13.8 Å². The number of hydrogen-bond acceptors (Lipinski definition) is 3. The van der Waals surface area contributed by atoms with Crippen molar-refractivity contribution in [1.29, 1.82) is 0 Å². The Hall–Kier alpha value is -4.70. The molecular weight excluding hydrogens is 466 g/mol. The monoisotopic (exact) mass is 495 g/mol. The first-order valence-electron chi connectivity index (χ1n) is 12.8. The topological polar surface area (TPSA) is 39.9 Å². The van der Waals surface area contributed by atoms with Crippen LogP contribution in [0.25, 0.3) is 56.1 Å². The van der Waals surface area contributed by atoms with Crippen molar-refractivity contribution in [3.05, 3.63) is 114 Å². The van der Waals surface area contributed by atoms with E-state index in [0.717, 1.165) is 61.8 Å². The maximum absolute atomic E-state index is 5.46. The van der Waals surface area contributed by atoms with E-state index in [-0.39, 0.29) is 0 Å². The molecule has 0 amide bonds. The molecule has 38 heavy (non-hydrogen) atoms. The molecule has 0 fully saturated rings. The van der Waals surface area contributed by atoms with Crippen LogP contribution >= 0.6 is 0 Å². The first-order chi connectivity index (χ1) is 18.5. The van der Waals surface area contributed by atoms with Gasteiger partial charge in [-0.1, -0.05) is 90.0 Å². The molecule has 0 saturated carbocycles. The summed E-state index contributed by atoms with van der Waals surface area (Å²) in [6.45, 7) is 4.22. The highest BCUT2D eigenvalue weighted by Crippen LogP contribution is 2.44. The molecule has 0 unspecified atom stereocenters. The van der Waals surface area contributed by atoms with E-state index in [4.69, 9.17) is 14.7 Å². The summed E-state index contributed by atoms with van der Waals surface area (Å²) in [5.41, 5.74) is 10.7. The first-order valence-corrected chi connectivity index (χ1v) is 12.8. The van der Waals surface area contributed by atoms with Crippen LogP contribution in [0.4, 0.5) is 0 Å². The predicted octanol–water partition coefficient (Wildman–Crippen LogP) is 8.26. The van der Waals surface area contributed by atoms with E-state index < -0.39 is 0 Å². The van der Waals surface area contributed by atoms with Gasteiger partial charge in [-0.2, -0.15) is 0 Å². The Morgan fingerprint density at radius 1 is 0.632 bits per heavy atom. The van der Waals surface area contributed by atoms with Gasteiger partial charge < -0.3 is 9.30 Å². The number of aromatic nitrogens is 3. The van der Waals surface area contributed by atoms with E-state index >= 15 is 0 Å². The minimum Gasteiger partial charge on any atom is -0.497 e. The molecule has 186 valence electrons. The Morgan fingerprint density at radius 2 is 1.26 bits per heavy atom. The number of ether oxygens (including phenoxy) is 1. The fraction of sp³-hybridized carbons (Fsp3) is 0.118. The number of aryl methyl sites for hydroxylation is 3. The smallest absolute Gasteiger partial charge is 0.162 e. The minimum atomic E-state index is 0.721. The second-order valence-corrected chi connectivity index (χ2v) is 9.71. The van der Waals surface area contributed by atoms with Crippen molar-refractivity contribution in [2.75, 3.05) is 7.11 Å². The third-order valence-electron chi connectivity index (χ3n) is 7.02. The van der Waals surface area contributed by atoms with Crippen LogP contribution in [-0.2, 0) is 7.05 Å². The van der Waals surface area contributed by atoms with E-state index in [0.29, 0.717) is 0 Å². The van der Waals surface area contributed by atoms with E-state index in [2.05, 4.69) is 110 Å². The summed E-state index contributed by atoms with van der Waals surface area (Å²) in [6, 6.07) is 35.7. The molecule has 0 bridgehead atoms. The van der Waals surface area contributed by atoms with Crippen molar-refractivity contribution in [3.8, 4) is 50.8 Å². The number of benzene rings is 4. The molecule has 2 aromatic heterocycles. The summed E-state index contributed by atoms with van der Waals surface area (Å²) < 4.78 is 7.68. The Morgan fingerprint density at radius 3 is 1.92 bits per heavy atom. The number of fused-ring (bicyclic) bond motifs is 1. The van der Waals surface area contributed by atoms with Gasteiger partial charge >= 0.3 is 0 Å². The quantitative estimate of drug-likeness (QED) is 0.242. The maximum Gasteiger partial charge on any atom is 0.162 e. The lowest BCUT2D eigenvalue weighted by atomic mass is 9.95. The molecule has 4 heteroatoms. The maximum atomic E-state index is 5.46. The molecule has 0 aliphatic rings. The van der Waals surface area contributed by atoms with Gasteiger partial charge in [-0.15, -0.1) is 0 Å². The molecule has 2 heterocycles. The molecule has 4 aromatic carbocycles. The number of hydrogen-bond donors (Lipinski definition) is 0. The van der Waals surface area contributed by atoms with Crippen LogP contribution in [0.3, 0.4) is 0 Å². The van der Waals surface area contributed by atoms with Gasteiger partial charge in [0.15, 0.2) is 5.82 Å². The molecular formula is C34H29N3O. The van der Waals surface area contributed by atoms with E-state index in [1.54, 1.807) is 7.11 Å². The number of rotatable bonds is 5. The fourth-order valence-electron chi connectivity index (χ4n) is 5.20. The van der Waals surface area contributed by atoms with Crippen molar-refractivity contribution in [2.24, 2.45) is 7.05 Å². The molecule has 0 N–H and O–H groups in total. The largest absolute Gasteiger partial charge is 0.497 e. The van der Waals surface area contributed by atoms with Crippen molar-refractivity contribution >= 4 is 11.0 Å². The average molecular weight is 496 g/mol. The number of nitrogens with zero attached hydrogens (tertiary/aromatic N) is 3.